The fraction of sp³-hybridized carbons (Fsp3) is 0.533. The second-order valence-electron chi connectivity index (χ2n) is 5.73. The molecular weight excluding hydrogens is 294 g/mol. The summed E-state index contributed by atoms with van der Waals surface area (Å²) in [5, 5.41) is 12.6. The SMILES string of the molecule is O=C(NC1CCOC1)N1CC(O)CC1c1cc(F)ccc1F. The second-order valence-corrected chi connectivity index (χ2v) is 5.73. The van der Waals surface area contributed by atoms with Crippen molar-refractivity contribution in [3.8, 4) is 0 Å². The Kier molecular flexibility index (Phi) is 4.26. The van der Waals surface area contributed by atoms with E-state index in [-0.39, 0.29) is 30.6 Å². The maximum Gasteiger partial charge on any atom is 0.318 e. The monoisotopic (exact) mass is 312 g/mol. The number of nitrogens with zero attached hydrogens (tertiary/aromatic N) is 1. The summed E-state index contributed by atoms with van der Waals surface area (Å²) in [5.41, 5.74) is 0.0920. The largest absolute Gasteiger partial charge is 0.391 e. The summed E-state index contributed by atoms with van der Waals surface area (Å²) < 4.78 is 32.5. The molecule has 2 amide bonds. The zero-order chi connectivity index (χ0) is 15.7. The molecule has 0 aromatic heterocycles. The van der Waals surface area contributed by atoms with E-state index in [1.165, 1.54) is 4.90 Å². The lowest BCUT2D eigenvalue weighted by molar-refractivity contribution is 0.163. The van der Waals surface area contributed by atoms with Crippen molar-refractivity contribution in [1.82, 2.24) is 10.2 Å². The molecule has 2 heterocycles. The summed E-state index contributed by atoms with van der Waals surface area (Å²) in [6, 6.07) is 2.01. The average molecular weight is 312 g/mol. The molecule has 0 saturated carbocycles. The van der Waals surface area contributed by atoms with Crippen molar-refractivity contribution in [3.05, 3.63) is 35.4 Å². The van der Waals surface area contributed by atoms with Crippen LogP contribution < -0.4 is 5.32 Å². The van der Waals surface area contributed by atoms with Crippen molar-refractivity contribution in [3.63, 3.8) is 0 Å². The highest BCUT2D eigenvalue weighted by Crippen LogP contribution is 2.34. The summed E-state index contributed by atoms with van der Waals surface area (Å²) in [7, 11) is 0. The van der Waals surface area contributed by atoms with Crippen LogP contribution in [0.25, 0.3) is 0 Å². The summed E-state index contributed by atoms with van der Waals surface area (Å²) in [6.07, 6.45) is 0.161. The number of aliphatic hydroxyl groups excluding tert-OH is 1. The summed E-state index contributed by atoms with van der Waals surface area (Å²) >= 11 is 0. The summed E-state index contributed by atoms with van der Waals surface area (Å²) in [6.45, 7) is 1.14. The molecule has 2 saturated heterocycles. The Hall–Kier alpha value is -1.73. The minimum absolute atomic E-state index is 0.0803. The van der Waals surface area contributed by atoms with Gasteiger partial charge in [-0.05, 0) is 31.0 Å². The molecule has 2 N–H and O–H groups in total. The molecule has 1 aromatic rings. The molecule has 3 atom stereocenters. The van der Waals surface area contributed by atoms with E-state index in [0.717, 1.165) is 24.6 Å². The number of carbonyl (C=O) groups excluding carboxylic acids is 1. The predicted octanol–water partition coefficient (Wildman–Crippen LogP) is 1.57. The number of ether oxygens (including phenoxy) is 1. The van der Waals surface area contributed by atoms with E-state index in [2.05, 4.69) is 5.32 Å². The van der Waals surface area contributed by atoms with Gasteiger partial charge in [-0.15, -0.1) is 0 Å². The molecule has 2 fully saturated rings. The fourth-order valence-electron chi connectivity index (χ4n) is 3.01. The van der Waals surface area contributed by atoms with Gasteiger partial charge in [-0.2, -0.15) is 0 Å². The molecule has 120 valence electrons. The number of likely N-dealkylation sites (tertiary alicyclic amines) is 1. The second kappa shape index (κ2) is 6.18. The lowest BCUT2D eigenvalue weighted by Crippen LogP contribution is -2.45. The number of benzene rings is 1. The van der Waals surface area contributed by atoms with Crippen molar-refractivity contribution in [2.24, 2.45) is 0 Å². The van der Waals surface area contributed by atoms with Crippen molar-refractivity contribution in [2.75, 3.05) is 19.8 Å². The molecule has 2 aliphatic heterocycles. The number of hydrogen-bond acceptors (Lipinski definition) is 3. The van der Waals surface area contributed by atoms with Crippen LogP contribution in [0.4, 0.5) is 13.6 Å². The number of hydrogen-bond donors (Lipinski definition) is 2. The lowest BCUT2D eigenvalue weighted by Gasteiger charge is -2.26. The van der Waals surface area contributed by atoms with Crippen LogP contribution in [0, 0.1) is 11.6 Å². The minimum atomic E-state index is -0.752. The van der Waals surface area contributed by atoms with Crippen molar-refractivity contribution in [1.29, 1.82) is 0 Å². The molecule has 0 spiro atoms. The van der Waals surface area contributed by atoms with E-state index in [4.69, 9.17) is 4.74 Å². The fourth-order valence-corrected chi connectivity index (χ4v) is 3.01. The maximum atomic E-state index is 14.0. The standard InChI is InChI=1S/C15H18F2N2O3/c16-9-1-2-13(17)12(5-9)14-6-11(20)7-19(14)15(21)18-10-3-4-22-8-10/h1-2,5,10-11,14,20H,3-4,6-8H2,(H,18,21). The Morgan fingerprint density at radius 1 is 1.41 bits per heavy atom. The molecule has 3 rings (SSSR count). The first kappa shape index (κ1) is 15.2. The van der Waals surface area contributed by atoms with Gasteiger partial charge in [0.2, 0.25) is 0 Å². The first-order valence-electron chi connectivity index (χ1n) is 7.32. The highest BCUT2D eigenvalue weighted by atomic mass is 19.1. The first-order valence-corrected chi connectivity index (χ1v) is 7.32. The first-order chi connectivity index (χ1) is 10.5. The van der Waals surface area contributed by atoms with Crippen LogP contribution in [0.5, 0.6) is 0 Å². The Labute approximate surface area is 126 Å². The number of aliphatic hydroxyl groups is 1. The zero-order valence-corrected chi connectivity index (χ0v) is 12.0. The van der Waals surface area contributed by atoms with Crippen LogP contribution in [-0.4, -0.2) is 47.9 Å². The van der Waals surface area contributed by atoms with Crippen LogP contribution in [0.1, 0.15) is 24.4 Å². The molecule has 2 aliphatic rings. The van der Waals surface area contributed by atoms with E-state index < -0.39 is 23.8 Å². The molecule has 22 heavy (non-hydrogen) atoms. The van der Waals surface area contributed by atoms with Gasteiger partial charge in [0.05, 0.1) is 24.8 Å². The molecule has 1 aromatic carbocycles. The van der Waals surface area contributed by atoms with Gasteiger partial charge < -0.3 is 20.1 Å². The van der Waals surface area contributed by atoms with Gasteiger partial charge in [0.25, 0.3) is 0 Å². The van der Waals surface area contributed by atoms with Gasteiger partial charge in [-0.25, -0.2) is 13.6 Å². The van der Waals surface area contributed by atoms with Gasteiger partial charge in [0, 0.05) is 18.7 Å². The number of nitrogens with one attached hydrogen (secondary N) is 1. The highest BCUT2D eigenvalue weighted by molar-refractivity contribution is 5.75. The van der Waals surface area contributed by atoms with E-state index >= 15 is 0 Å². The number of rotatable bonds is 2. The maximum absolute atomic E-state index is 14.0. The topological polar surface area (TPSA) is 61.8 Å². The minimum Gasteiger partial charge on any atom is -0.391 e. The number of carbonyl (C=O) groups is 1. The van der Waals surface area contributed by atoms with E-state index in [9.17, 15) is 18.7 Å². The lowest BCUT2D eigenvalue weighted by atomic mass is 10.0. The zero-order valence-electron chi connectivity index (χ0n) is 12.0. The van der Waals surface area contributed by atoms with Crippen LogP contribution in [0.15, 0.2) is 18.2 Å². The molecule has 0 radical (unpaired) electrons. The van der Waals surface area contributed by atoms with E-state index in [1.54, 1.807) is 0 Å². The molecule has 7 heteroatoms. The normalized spacial score (nSPS) is 28.1. The summed E-state index contributed by atoms with van der Waals surface area (Å²) in [5.74, 6) is -1.15. The van der Waals surface area contributed by atoms with Gasteiger partial charge in [0.1, 0.15) is 11.6 Å². The van der Waals surface area contributed by atoms with E-state index in [1.807, 2.05) is 0 Å². The van der Waals surface area contributed by atoms with E-state index in [0.29, 0.717) is 13.2 Å². The van der Waals surface area contributed by atoms with Gasteiger partial charge in [0.15, 0.2) is 0 Å². The molecule has 0 aliphatic carbocycles. The highest BCUT2D eigenvalue weighted by Gasteiger charge is 2.37. The van der Waals surface area contributed by atoms with Gasteiger partial charge in [-0.1, -0.05) is 0 Å². The molecular formula is C15H18F2N2O3. The Morgan fingerprint density at radius 3 is 2.95 bits per heavy atom. The van der Waals surface area contributed by atoms with Crippen molar-refractivity contribution < 1.29 is 23.4 Å². The quantitative estimate of drug-likeness (QED) is 0.871. The smallest absolute Gasteiger partial charge is 0.318 e. The molecule has 3 unspecified atom stereocenters. The Bertz CT molecular complexity index is 564. The number of halogens is 2. The molecule has 5 nitrogen and oxygen atoms in total. The Balaban J connectivity index is 1.79. The molecule has 0 bridgehead atoms. The van der Waals surface area contributed by atoms with Crippen LogP contribution >= 0.6 is 0 Å². The number of urea groups is 1. The summed E-state index contributed by atoms with van der Waals surface area (Å²) in [4.78, 5) is 13.7. The Morgan fingerprint density at radius 2 is 2.23 bits per heavy atom. The third kappa shape index (κ3) is 3.05. The predicted molar refractivity (Wildman–Crippen MR) is 74.2 cm³/mol. The van der Waals surface area contributed by atoms with Crippen LogP contribution in [-0.2, 0) is 4.74 Å². The van der Waals surface area contributed by atoms with Gasteiger partial charge in [-0.3, -0.25) is 0 Å². The van der Waals surface area contributed by atoms with Gasteiger partial charge >= 0.3 is 6.03 Å². The van der Waals surface area contributed by atoms with Crippen molar-refractivity contribution >= 4 is 6.03 Å². The van der Waals surface area contributed by atoms with Crippen molar-refractivity contribution in [2.45, 2.75) is 31.0 Å². The third-order valence-corrected chi connectivity index (χ3v) is 4.11. The van der Waals surface area contributed by atoms with Crippen LogP contribution in [0.3, 0.4) is 0 Å². The number of amides is 2. The third-order valence-electron chi connectivity index (χ3n) is 4.11. The number of β-amino-alcohol motifs (C(OH)–C–C–N with tert-alkyl or cyclic N) is 1. The average Bonchev–Trinajstić information content (AvgIpc) is 3.11. The van der Waals surface area contributed by atoms with Crippen LogP contribution in [0.2, 0.25) is 0 Å².